The molecule has 1 aliphatic heterocycles. The number of fused-ring (bicyclic) bond motifs is 1. The number of hydrogen-bond donors (Lipinski definition) is 1. The van der Waals surface area contributed by atoms with Crippen LogP contribution in [0.15, 0.2) is 73.1 Å². The molecule has 0 saturated carbocycles. The standard InChI is InChI=1S/C29H29N5O2/c1-20-7-5-11-25(21(20)2)32-28(35)19-33-13-15-34(16-14-33)29(36)24-17-27(22-8-6-12-30-18-22)31-26-10-4-3-9-23(24)26/h3-12,17-18H,13-16,19H2,1-2H3,(H,32,35). The molecular formula is C29H29N5O2. The summed E-state index contributed by atoms with van der Waals surface area (Å²) < 4.78 is 0. The highest BCUT2D eigenvalue weighted by atomic mass is 16.2. The van der Waals surface area contributed by atoms with Crippen molar-refractivity contribution in [1.29, 1.82) is 0 Å². The maximum atomic E-state index is 13.6. The van der Waals surface area contributed by atoms with E-state index in [4.69, 9.17) is 4.98 Å². The van der Waals surface area contributed by atoms with Crippen molar-refractivity contribution >= 4 is 28.4 Å². The van der Waals surface area contributed by atoms with Gasteiger partial charge >= 0.3 is 0 Å². The first-order valence-electron chi connectivity index (χ1n) is 12.2. The number of pyridine rings is 2. The zero-order valence-corrected chi connectivity index (χ0v) is 20.6. The van der Waals surface area contributed by atoms with Crippen LogP contribution in [0.25, 0.3) is 22.2 Å². The highest BCUT2D eigenvalue weighted by Crippen LogP contribution is 2.26. The van der Waals surface area contributed by atoms with Crippen LogP contribution in [0, 0.1) is 13.8 Å². The third-order valence-corrected chi connectivity index (χ3v) is 6.81. The molecule has 0 bridgehead atoms. The number of aryl methyl sites for hydroxylation is 1. The molecule has 0 unspecified atom stereocenters. The van der Waals surface area contributed by atoms with Crippen LogP contribution >= 0.6 is 0 Å². The van der Waals surface area contributed by atoms with Crippen LogP contribution in [0.2, 0.25) is 0 Å². The van der Waals surface area contributed by atoms with Gasteiger partial charge in [-0.1, -0.05) is 30.3 Å². The predicted molar refractivity (Wildman–Crippen MR) is 142 cm³/mol. The number of benzene rings is 2. The minimum absolute atomic E-state index is 0.0155. The van der Waals surface area contributed by atoms with Crippen molar-refractivity contribution in [2.24, 2.45) is 0 Å². The summed E-state index contributed by atoms with van der Waals surface area (Å²) in [6.45, 7) is 6.77. The number of para-hydroxylation sites is 1. The fraction of sp³-hybridized carbons (Fsp3) is 0.241. The second-order valence-electron chi connectivity index (χ2n) is 9.18. The Morgan fingerprint density at radius 1 is 0.944 bits per heavy atom. The molecule has 0 spiro atoms. The smallest absolute Gasteiger partial charge is 0.254 e. The van der Waals surface area contributed by atoms with Gasteiger partial charge in [-0.15, -0.1) is 0 Å². The predicted octanol–water partition coefficient (Wildman–Crippen LogP) is 4.31. The highest BCUT2D eigenvalue weighted by molar-refractivity contribution is 6.07. The van der Waals surface area contributed by atoms with Crippen molar-refractivity contribution in [3.05, 3.63) is 89.7 Å². The lowest BCUT2D eigenvalue weighted by Gasteiger charge is -2.34. The molecule has 1 N–H and O–H groups in total. The van der Waals surface area contributed by atoms with Crippen LogP contribution in [0.3, 0.4) is 0 Å². The van der Waals surface area contributed by atoms with Crippen LogP contribution in [-0.4, -0.2) is 64.3 Å². The van der Waals surface area contributed by atoms with Gasteiger partial charge in [0.1, 0.15) is 0 Å². The van der Waals surface area contributed by atoms with Gasteiger partial charge in [0.2, 0.25) is 5.91 Å². The van der Waals surface area contributed by atoms with Crippen molar-refractivity contribution in [2.75, 3.05) is 38.0 Å². The molecule has 2 amide bonds. The van der Waals surface area contributed by atoms with E-state index in [1.54, 1.807) is 12.4 Å². The molecule has 7 nitrogen and oxygen atoms in total. The Labute approximate surface area is 210 Å². The topological polar surface area (TPSA) is 78.4 Å². The summed E-state index contributed by atoms with van der Waals surface area (Å²) in [6, 6.07) is 19.3. The molecule has 2 aromatic carbocycles. The molecule has 7 heteroatoms. The first-order valence-corrected chi connectivity index (χ1v) is 12.2. The fourth-order valence-electron chi connectivity index (χ4n) is 4.57. The lowest BCUT2D eigenvalue weighted by atomic mass is 10.0. The Kier molecular flexibility index (Phi) is 6.73. The number of nitrogens with zero attached hydrogens (tertiary/aromatic N) is 4. The number of nitrogens with one attached hydrogen (secondary N) is 1. The molecule has 1 saturated heterocycles. The monoisotopic (exact) mass is 479 g/mol. The highest BCUT2D eigenvalue weighted by Gasteiger charge is 2.25. The van der Waals surface area contributed by atoms with E-state index in [9.17, 15) is 9.59 Å². The van der Waals surface area contributed by atoms with E-state index in [-0.39, 0.29) is 11.8 Å². The largest absolute Gasteiger partial charge is 0.336 e. The summed E-state index contributed by atoms with van der Waals surface area (Å²) in [7, 11) is 0. The van der Waals surface area contributed by atoms with Crippen molar-refractivity contribution in [3.63, 3.8) is 0 Å². The van der Waals surface area contributed by atoms with E-state index in [1.807, 2.05) is 79.4 Å². The van der Waals surface area contributed by atoms with Crippen molar-refractivity contribution in [2.45, 2.75) is 13.8 Å². The van der Waals surface area contributed by atoms with E-state index in [0.29, 0.717) is 38.3 Å². The molecular weight excluding hydrogens is 450 g/mol. The number of aromatic nitrogens is 2. The van der Waals surface area contributed by atoms with Crippen molar-refractivity contribution in [1.82, 2.24) is 19.8 Å². The quantitative estimate of drug-likeness (QED) is 0.462. The van der Waals surface area contributed by atoms with Gasteiger partial charge in [-0.05, 0) is 55.3 Å². The minimum atomic E-state index is -0.0373. The van der Waals surface area contributed by atoms with E-state index in [0.717, 1.165) is 39.0 Å². The Hall–Kier alpha value is -4.10. The molecule has 1 fully saturated rings. The summed E-state index contributed by atoms with van der Waals surface area (Å²) in [5, 5.41) is 3.87. The molecule has 3 heterocycles. The van der Waals surface area contributed by atoms with Crippen LogP contribution in [0.4, 0.5) is 5.69 Å². The van der Waals surface area contributed by atoms with Gasteiger partial charge in [-0.2, -0.15) is 0 Å². The van der Waals surface area contributed by atoms with E-state index in [2.05, 4.69) is 15.2 Å². The van der Waals surface area contributed by atoms with Crippen LogP contribution in [-0.2, 0) is 4.79 Å². The summed E-state index contributed by atoms with van der Waals surface area (Å²) >= 11 is 0. The lowest BCUT2D eigenvalue weighted by molar-refractivity contribution is -0.117. The average molecular weight is 480 g/mol. The average Bonchev–Trinajstić information content (AvgIpc) is 2.91. The van der Waals surface area contributed by atoms with Crippen molar-refractivity contribution < 1.29 is 9.59 Å². The number of hydrogen-bond acceptors (Lipinski definition) is 5. The van der Waals surface area contributed by atoms with E-state index >= 15 is 0 Å². The molecule has 4 aromatic rings. The maximum Gasteiger partial charge on any atom is 0.254 e. The summed E-state index contributed by atoms with van der Waals surface area (Å²) in [6.07, 6.45) is 3.48. The minimum Gasteiger partial charge on any atom is -0.336 e. The fourth-order valence-corrected chi connectivity index (χ4v) is 4.57. The Morgan fingerprint density at radius 2 is 1.75 bits per heavy atom. The number of rotatable bonds is 5. The number of carbonyl (C=O) groups is 2. The SMILES string of the molecule is Cc1cccc(NC(=O)CN2CCN(C(=O)c3cc(-c4cccnc4)nc4ccccc34)CC2)c1C. The maximum absolute atomic E-state index is 13.6. The molecule has 0 radical (unpaired) electrons. The zero-order chi connectivity index (χ0) is 25.1. The molecule has 2 aromatic heterocycles. The summed E-state index contributed by atoms with van der Waals surface area (Å²) in [5.41, 5.74) is 6.10. The molecule has 1 aliphatic rings. The van der Waals surface area contributed by atoms with Gasteiger partial charge in [0.15, 0.2) is 0 Å². The molecule has 36 heavy (non-hydrogen) atoms. The van der Waals surface area contributed by atoms with E-state index in [1.165, 1.54) is 0 Å². The summed E-state index contributed by atoms with van der Waals surface area (Å²) in [4.78, 5) is 39.2. The Morgan fingerprint density at radius 3 is 2.53 bits per heavy atom. The second-order valence-corrected chi connectivity index (χ2v) is 9.18. The van der Waals surface area contributed by atoms with Crippen molar-refractivity contribution in [3.8, 4) is 11.3 Å². The lowest BCUT2D eigenvalue weighted by Crippen LogP contribution is -2.50. The number of anilines is 1. The van der Waals surface area contributed by atoms with Crippen LogP contribution in [0.5, 0.6) is 0 Å². The van der Waals surface area contributed by atoms with Gasteiger partial charge in [-0.25, -0.2) is 4.98 Å². The third kappa shape index (κ3) is 4.97. The normalized spacial score (nSPS) is 14.1. The van der Waals surface area contributed by atoms with Gasteiger partial charge in [-0.3, -0.25) is 19.5 Å². The molecule has 0 aliphatic carbocycles. The molecule has 0 atom stereocenters. The first kappa shape index (κ1) is 23.6. The Bertz CT molecular complexity index is 1410. The second kappa shape index (κ2) is 10.3. The third-order valence-electron chi connectivity index (χ3n) is 6.81. The molecule has 182 valence electrons. The van der Waals surface area contributed by atoms with Gasteiger partial charge in [0, 0.05) is 55.2 Å². The van der Waals surface area contributed by atoms with Gasteiger partial charge in [0.05, 0.1) is 23.3 Å². The van der Waals surface area contributed by atoms with Crippen LogP contribution in [0.1, 0.15) is 21.5 Å². The Balaban J connectivity index is 1.27. The number of carbonyl (C=O) groups excluding carboxylic acids is 2. The van der Waals surface area contributed by atoms with Gasteiger partial charge < -0.3 is 10.2 Å². The molecule has 5 rings (SSSR count). The first-order chi connectivity index (χ1) is 17.5. The van der Waals surface area contributed by atoms with E-state index < -0.39 is 0 Å². The zero-order valence-electron chi connectivity index (χ0n) is 20.6. The number of amides is 2. The number of piperazine rings is 1. The summed E-state index contributed by atoms with van der Waals surface area (Å²) in [5.74, 6) is -0.0528. The van der Waals surface area contributed by atoms with Gasteiger partial charge in [0.25, 0.3) is 5.91 Å². The van der Waals surface area contributed by atoms with Crippen LogP contribution < -0.4 is 5.32 Å².